The van der Waals surface area contributed by atoms with Crippen LogP contribution in [-0.4, -0.2) is 35.7 Å². The average Bonchev–Trinajstić information content (AvgIpc) is 2.53. The molecule has 0 saturated carbocycles. The molecule has 0 aliphatic carbocycles. The van der Waals surface area contributed by atoms with Gasteiger partial charge in [0.25, 0.3) is 0 Å². The number of ether oxygens (including phenoxy) is 1. The molecule has 18 heavy (non-hydrogen) atoms. The molecular weight excluding hydrogens is 247 g/mol. The Balaban J connectivity index is 2.25. The maximum atomic E-state index is 12.4. The van der Waals surface area contributed by atoms with Crippen LogP contribution in [-0.2, 0) is 11.3 Å². The standard InChI is InChI=1S/C11H16F3N3O/c1-7-10(9-5-18-4-3-15-9)8(2)17(16-7)6-11(12,13)14/h9,15H,3-6H2,1-2H3/t9-/m1/s1. The van der Waals surface area contributed by atoms with Gasteiger partial charge in [0.1, 0.15) is 6.54 Å². The Hall–Kier alpha value is -1.08. The van der Waals surface area contributed by atoms with E-state index in [2.05, 4.69) is 10.4 Å². The van der Waals surface area contributed by atoms with Crippen molar-refractivity contribution in [2.75, 3.05) is 19.8 Å². The Morgan fingerprint density at radius 2 is 2.17 bits per heavy atom. The molecule has 1 aliphatic rings. The van der Waals surface area contributed by atoms with Crippen molar-refractivity contribution in [2.45, 2.75) is 32.6 Å². The summed E-state index contributed by atoms with van der Waals surface area (Å²) in [5.74, 6) is 0. The number of hydrogen-bond donors (Lipinski definition) is 1. The van der Waals surface area contributed by atoms with Crippen LogP contribution in [0.1, 0.15) is 23.0 Å². The maximum Gasteiger partial charge on any atom is 0.408 e. The molecule has 0 amide bonds. The third kappa shape index (κ3) is 2.84. The average molecular weight is 263 g/mol. The fourth-order valence-electron chi connectivity index (χ4n) is 2.29. The lowest BCUT2D eigenvalue weighted by molar-refractivity contribution is -0.143. The number of nitrogens with zero attached hydrogens (tertiary/aromatic N) is 2. The number of alkyl halides is 3. The maximum absolute atomic E-state index is 12.4. The number of halogens is 3. The highest BCUT2D eigenvalue weighted by Crippen LogP contribution is 2.26. The van der Waals surface area contributed by atoms with Gasteiger partial charge in [-0.2, -0.15) is 18.3 Å². The molecule has 1 saturated heterocycles. The quantitative estimate of drug-likeness (QED) is 0.883. The van der Waals surface area contributed by atoms with E-state index < -0.39 is 12.7 Å². The molecule has 1 atom stereocenters. The molecule has 1 fully saturated rings. The van der Waals surface area contributed by atoms with E-state index in [1.165, 1.54) is 0 Å². The van der Waals surface area contributed by atoms with Crippen LogP contribution in [0.2, 0.25) is 0 Å². The Morgan fingerprint density at radius 3 is 2.72 bits per heavy atom. The van der Waals surface area contributed by atoms with E-state index in [4.69, 9.17) is 4.74 Å². The fraction of sp³-hybridized carbons (Fsp3) is 0.727. The molecule has 0 spiro atoms. The Kier molecular flexibility index (Phi) is 3.63. The summed E-state index contributed by atoms with van der Waals surface area (Å²) in [5, 5.41) is 7.21. The molecule has 1 N–H and O–H groups in total. The molecule has 102 valence electrons. The van der Waals surface area contributed by atoms with Crippen LogP contribution < -0.4 is 5.32 Å². The van der Waals surface area contributed by atoms with E-state index in [-0.39, 0.29) is 6.04 Å². The van der Waals surface area contributed by atoms with Crippen molar-refractivity contribution in [3.05, 3.63) is 17.0 Å². The Labute approximate surface area is 103 Å². The third-order valence-corrected chi connectivity index (χ3v) is 3.04. The lowest BCUT2D eigenvalue weighted by Crippen LogP contribution is -2.35. The SMILES string of the molecule is Cc1nn(CC(F)(F)F)c(C)c1[C@H]1COCCN1. The van der Waals surface area contributed by atoms with Gasteiger partial charge in [0.2, 0.25) is 0 Å². The summed E-state index contributed by atoms with van der Waals surface area (Å²) < 4.78 is 43.6. The Bertz CT molecular complexity index is 422. The van der Waals surface area contributed by atoms with Crippen molar-refractivity contribution in [3.63, 3.8) is 0 Å². The second kappa shape index (κ2) is 4.89. The predicted molar refractivity (Wildman–Crippen MR) is 59.3 cm³/mol. The molecule has 1 aliphatic heterocycles. The van der Waals surface area contributed by atoms with Crippen LogP contribution in [0.5, 0.6) is 0 Å². The summed E-state index contributed by atoms with van der Waals surface area (Å²) in [4.78, 5) is 0. The molecule has 1 aromatic heterocycles. The van der Waals surface area contributed by atoms with Gasteiger partial charge in [0, 0.05) is 17.8 Å². The van der Waals surface area contributed by atoms with Crippen molar-refractivity contribution in [3.8, 4) is 0 Å². The van der Waals surface area contributed by atoms with Gasteiger partial charge in [-0.1, -0.05) is 0 Å². The summed E-state index contributed by atoms with van der Waals surface area (Å²) in [7, 11) is 0. The summed E-state index contributed by atoms with van der Waals surface area (Å²) in [6.45, 7) is 4.15. The fourth-order valence-corrected chi connectivity index (χ4v) is 2.29. The largest absolute Gasteiger partial charge is 0.408 e. The van der Waals surface area contributed by atoms with Gasteiger partial charge in [-0.3, -0.25) is 4.68 Å². The molecule has 2 rings (SSSR count). The molecular formula is C11H16F3N3O. The van der Waals surface area contributed by atoms with Crippen molar-refractivity contribution < 1.29 is 17.9 Å². The minimum absolute atomic E-state index is 0.0688. The normalized spacial score (nSPS) is 21.3. The second-order valence-electron chi connectivity index (χ2n) is 4.44. The number of morpholine rings is 1. The van der Waals surface area contributed by atoms with Crippen molar-refractivity contribution >= 4 is 0 Å². The van der Waals surface area contributed by atoms with Gasteiger partial charge in [-0.05, 0) is 13.8 Å². The molecule has 0 radical (unpaired) electrons. The molecule has 4 nitrogen and oxygen atoms in total. The second-order valence-corrected chi connectivity index (χ2v) is 4.44. The number of rotatable bonds is 2. The van der Waals surface area contributed by atoms with E-state index in [9.17, 15) is 13.2 Å². The summed E-state index contributed by atoms with van der Waals surface area (Å²) >= 11 is 0. The van der Waals surface area contributed by atoms with Gasteiger partial charge in [-0.25, -0.2) is 0 Å². The highest BCUT2D eigenvalue weighted by Gasteiger charge is 2.31. The highest BCUT2D eigenvalue weighted by atomic mass is 19.4. The number of nitrogens with one attached hydrogen (secondary N) is 1. The van der Waals surface area contributed by atoms with E-state index >= 15 is 0 Å². The molecule has 7 heteroatoms. The van der Waals surface area contributed by atoms with Crippen molar-refractivity contribution in [2.24, 2.45) is 0 Å². The van der Waals surface area contributed by atoms with Crippen LogP contribution in [0, 0.1) is 13.8 Å². The summed E-state index contributed by atoms with van der Waals surface area (Å²) in [6.07, 6.45) is -4.25. The summed E-state index contributed by atoms with van der Waals surface area (Å²) in [5.41, 5.74) is 1.99. The highest BCUT2D eigenvalue weighted by molar-refractivity contribution is 5.28. The first kappa shape index (κ1) is 13.4. The van der Waals surface area contributed by atoms with E-state index in [1.54, 1.807) is 13.8 Å². The number of aromatic nitrogens is 2. The van der Waals surface area contributed by atoms with E-state index in [0.29, 0.717) is 31.1 Å². The minimum Gasteiger partial charge on any atom is -0.378 e. The van der Waals surface area contributed by atoms with Crippen molar-refractivity contribution in [1.82, 2.24) is 15.1 Å². The van der Waals surface area contributed by atoms with Crippen molar-refractivity contribution in [1.29, 1.82) is 0 Å². The van der Waals surface area contributed by atoms with E-state index in [1.807, 2.05) is 0 Å². The number of hydrogen-bond acceptors (Lipinski definition) is 3. The van der Waals surface area contributed by atoms with Crippen LogP contribution in [0.3, 0.4) is 0 Å². The van der Waals surface area contributed by atoms with Crippen LogP contribution >= 0.6 is 0 Å². The number of aryl methyl sites for hydroxylation is 1. The first-order chi connectivity index (χ1) is 8.38. The topological polar surface area (TPSA) is 39.1 Å². The smallest absolute Gasteiger partial charge is 0.378 e. The van der Waals surface area contributed by atoms with Gasteiger partial charge >= 0.3 is 6.18 Å². The first-order valence-corrected chi connectivity index (χ1v) is 5.80. The molecule has 0 unspecified atom stereocenters. The van der Waals surface area contributed by atoms with E-state index in [0.717, 1.165) is 10.2 Å². The van der Waals surface area contributed by atoms with Crippen LogP contribution in [0.25, 0.3) is 0 Å². The summed E-state index contributed by atoms with van der Waals surface area (Å²) in [6, 6.07) is -0.0688. The molecule has 2 heterocycles. The lowest BCUT2D eigenvalue weighted by atomic mass is 10.0. The molecule has 1 aromatic rings. The van der Waals surface area contributed by atoms with Gasteiger partial charge in [-0.15, -0.1) is 0 Å². The minimum atomic E-state index is -4.25. The predicted octanol–water partition coefficient (Wildman–Crippen LogP) is 1.72. The Morgan fingerprint density at radius 1 is 1.44 bits per heavy atom. The van der Waals surface area contributed by atoms with Gasteiger partial charge in [0.15, 0.2) is 0 Å². The first-order valence-electron chi connectivity index (χ1n) is 5.80. The van der Waals surface area contributed by atoms with Crippen LogP contribution in [0.4, 0.5) is 13.2 Å². The van der Waals surface area contributed by atoms with Gasteiger partial charge < -0.3 is 10.1 Å². The van der Waals surface area contributed by atoms with Crippen LogP contribution in [0.15, 0.2) is 0 Å². The lowest BCUT2D eigenvalue weighted by Gasteiger charge is -2.24. The molecule has 0 bridgehead atoms. The monoisotopic (exact) mass is 263 g/mol. The van der Waals surface area contributed by atoms with Gasteiger partial charge in [0.05, 0.1) is 24.9 Å². The molecule has 0 aromatic carbocycles. The zero-order valence-corrected chi connectivity index (χ0v) is 10.3. The third-order valence-electron chi connectivity index (χ3n) is 3.04. The zero-order chi connectivity index (χ0) is 13.3. The zero-order valence-electron chi connectivity index (χ0n) is 10.3.